The standard InChI is InChI=1S/C22H16N2O6S2/c25-15-11-12-16(26)23(15)19(22(29)30)24-20(27)17(31-13-7-3-1-4-8-13)18(21(24)28)32-14-9-5-2-6-10-14/h1-10,19H,11-12H2,(H,29,30). The van der Waals surface area contributed by atoms with Gasteiger partial charge in [-0.15, -0.1) is 0 Å². The lowest BCUT2D eigenvalue weighted by atomic mass is 10.3. The van der Waals surface area contributed by atoms with E-state index in [9.17, 15) is 29.1 Å². The molecule has 0 aliphatic carbocycles. The molecule has 8 nitrogen and oxygen atoms in total. The molecule has 2 heterocycles. The molecule has 1 N–H and O–H groups in total. The molecule has 0 aromatic heterocycles. The van der Waals surface area contributed by atoms with Crippen LogP contribution in [-0.2, 0) is 24.0 Å². The van der Waals surface area contributed by atoms with Gasteiger partial charge in [0, 0.05) is 22.6 Å². The smallest absolute Gasteiger partial charge is 0.348 e. The summed E-state index contributed by atoms with van der Waals surface area (Å²) >= 11 is 2.07. The number of carboxylic acid groups (broad SMARTS) is 1. The number of carboxylic acids is 1. The topological polar surface area (TPSA) is 112 Å². The highest BCUT2D eigenvalue weighted by Gasteiger charge is 2.51. The summed E-state index contributed by atoms with van der Waals surface area (Å²) in [6.45, 7) is 0. The van der Waals surface area contributed by atoms with E-state index in [0.717, 1.165) is 23.5 Å². The van der Waals surface area contributed by atoms with Gasteiger partial charge in [-0.1, -0.05) is 59.9 Å². The van der Waals surface area contributed by atoms with Gasteiger partial charge in [-0.3, -0.25) is 19.2 Å². The lowest BCUT2D eigenvalue weighted by Crippen LogP contribution is -2.57. The van der Waals surface area contributed by atoms with E-state index < -0.39 is 35.8 Å². The molecule has 1 fully saturated rings. The fraction of sp³-hybridized carbons (Fsp3) is 0.136. The summed E-state index contributed by atoms with van der Waals surface area (Å²) in [6.07, 6.45) is -2.36. The molecule has 0 bridgehead atoms. The molecule has 1 saturated heterocycles. The van der Waals surface area contributed by atoms with Crippen LogP contribution in [0.4, 0.5) is 0 Å². The van der Waals surface area contributed by atoms with E-state index in [0.29, 0.717) is 19.6 Å². The van der Waals surface area contributed by atoms with Gasteiger partial charge in [0.1, 0.15) is 0 Å². The minimum atomic E-state index is -2.03. The Hall–Kier alpha value is -3.37. The van der Waals surface area contributed by atoms with Crippen molar-refractivity contribution in [1.82, 2.24) is 9.80 Å². The van der Waals surface area contributed by atoms with Gasteiger partial charge < -0.3 is 5.11 Å². The fourth-order valence-corrected chi connectivity index (χ4v) is 5.36. The van der Waals surface area contributed by atoms with Crippen molar-refractivity contribution in [3.8, 4) is 0 Å². The van der Waals surface area contributed by atoms with Crippen LogP contribution in [0, 0.1) is 0 Å². The van der Waals surface area contributed by atoms with Crippen LogP contribution in [0.2, 0.25) is 0 Å². The van der Waals surface area contributed by atoms with Crippen molar-refractivity contribution in [1.29, 1.82) is 0 Å². The number of aliphatic carboxylic acids is 1. The minimum Gasteiger partial charge on any atom is -0.478 e. The van der Waals surface area contributed by atoms with Gasteiger partial charge in [0.05, 0.1) is 9.81 Å². The minimum absolute atomic E-state index is 0.0420. The van der Waals surface area contributed by atoms with Crippen LogP contribution in [0.15, 0.2) is 80.3 Å². The van der Waals surface area contributed by atoms with E-state index >= 15 is 0 Å². The molecular weight excluding hydrogens is 452 g/mol. The Balaban J connectivity index is 1.76. The first-order valence-electron chi connectivity index (χ1n) is 9.54. The lowest BCUT2D eigenvalue weighted by Gasteiger charge is -2.29. The van der Waals surface area contributed by atoms with E-state index in [1.807, 2.05) is 0 Å². The number of imide groups is 2. The molecule has 2 aliphatic heterocycles. The number of amides is 4. The van der Waals surface area contributed by atoms with Crippen molar-refractivity contribution in [3.05, 3.63) is 70.5 Å². The van der Waals surface area contributed by atoms with Crippen molar-refractivity contribution in [2.75, 3.05) is 0 Å². The predicted molar refractivity (Wildman–Crippen MR) is 116 cm³/mol. The molecule has 1 unspecified atom stereocenters. The average Bonchev–Trinajstić information content (AvgIpc) is 3.22. The molecule has 2 aliphatic rings. The largest absolute Gasteiger partial charge is 0.478 e. The number of thioether (sulfide) groups is 2. The van der Waals surface area contributed by atoms with Gasteiger partial charge in [-0.2, -0.15) is 0 Å². The number of hydrogen-bond acceptors (Lipinski definition) is 7. The Morgan fingerprint density at radius 1 is 0.719 bits per heavy atom. The molecule has 162 valence electrons. The third-order valence-corrected chi connectivity index (χ3v) is 7.07. The van der Waals surface area contributed by atoms with Crippen LogP contribution in [0.1, 0.15) is 12.8 Å². The summed E-state index contributed by atoms with van der Waals surface area (Å²) in [5, 5.41) is 9.79. The maximum absolute atomic E-state index is 13.3. The number of carbonyl (C=O) groups is 5. The third kappa shape index (κ3) is 4.06. The Bertz CT molecular complexity index is 1070. The molecule has 2 aromatic carbocycles. The fourth-order valence-electron chi connectivity index (χ4n) is 3.32. The van der Waals surface area contributed by atoms with Crippen LogP contribution in [0.5, 0.6) is 0 Å². The maximum atomic E-state index is 13.3. The summed E-state index contributed by atoms with van der Waals surface area (Å²) in [7, 11) is 0. The Morgan fingerprint density at radius 2 is 1.12 bits per heavy atom. The Morgan fingerprint density at radius 3 is 1.50 bits per heavy atom. The highest BCUT2D eigenvalue weighted by molar-refractivity contribution is 8.08. The normalized spacial score (nSPS) is 17.5. The molecule has 0 saturated carbocycles. The van der Waals surface area contributed by atoms with Crippen LogP contribution >= 0.6 is 23.5 Å². The summed E-state index contributed by atoms with van der Waals surface area (Å²) in [6, 6.07) is 17.7. The van der Waals surface area contributed by atoms with Gasteiger partial charge in [-0.05, 0) is 24.3 Å². The number of rotatable bonds is 7. The second-order valence-corrected chi connectivity index (χ2v) is 9.01. The van der Waals surface area contributed by atoms with Gasteiger partial charge >= 0.3 is 5.97 Å². The zero-order valence-corrected chi connectivity index (χ0v) is 18.1. The summed E-state index contributed by atoms with van der Waals surface area (Å²) in [4.78, 5) is 65.6. The zero-order chi connectivity index (χ0) is 22.8. The summed E-state index contributed by atoms with van der Waals surface area (Å²) in [5.41, 5.74) is 0. The first-order valence-corrected chi connectivity index (χ1v) is 11.2. The van der Waals surface area contributed by atoms with Crippen molar-refractivity contribution < 1.29 is 29.1 Å². The van der Waals surface area contributed by atoms with E-state index in [4.69, 9.17) is 0 Å². The van der Waals surface area contributed by atoms with Crippen molar-refractivity contribution >= 4 is 53.1 Å². The van der Waals surface area contributed by atoms with Crippen LogP contribution in [-0.4, -0.2) is 50.7 Å². The molecule has 0 radical (unpaired) electrons. The van der Waals surface area contributed by atoms with E-state index in [2.05, 4.69) is 0 Å². The van der Waals surface area contributed by atoms with Gasteiger partial charge in [0.2, 0.25) is 18.0 Å². The van der Waals surface area contributed by atoms with Gasteiger partial charge in [0.25, 0.3) is 11.8 Å². The SMILES string of the molecule is O=C(O)C(N1C(=O)CCC1=O)N1C(=O)C(Sc2ccccc2)=C(Sc2ccccc2)C1=O. The lowest BCUT2D eigenvalue weighted by molar-refractivity contribution is -0.167. The maximum Gasteiger partial charge on any atom is 0.348 e. The highest BCUT2D eigenvalue weighted by Crippen LogP contribution is 2.43. The number of nitrogens with zero attached hydrogens (tertiary/aromatic N) is 2. The Labute approximate surface area is 191 Å². The number of carbonyl (C=O) groups excluding carboxylic acids is 4. The van der Waals surface area contributed by atoms with Crippen LogP contribution < -0.4 is 0 Å². The average molecular weight is 469 g/mol. The van der Waals surface area contributed by atoms with E-state index in [1.54, 1.807) is 60.7 Å². The van der Waals surface area contributed by atoms with E-state index in [1.165, 1.54) is 0 Å². The highest BCUT2D eigenvalue weighted by atomic mass is 32.2. The summed E-state index contributed by atoms with van der Waals surface area (Å²) in [5.74, 6) is -4.82. The molecule has 2 aromatic rings. The van der Waals surface area contributed by atoms with Gasteiger partial charge in [-0.25, -0.2) is 14.6 Å². The second kappa shape index (κ2) is 9.01. The Kier molecular flexibility index (Phi) is 6.15. The zero-order valence-electron chi connectivity index (χ0n) is 16.5. The number of benzene rings is 2. The molecular formula is C22H16N2O6S2. The van der Waals surface area contributed by atoms with Crippen LogP contribution in [0.25, 0.3) is 0 Å². The monoisotopic (exact) mass is 468 g/mol. The molecule has 0 spiro atoms. The van der Waals surface area contributed by atoms with Gasteiger partial charge in [0.15, 0.2) is 0 Å². The molecule has 10 heteroatoms. The predicted octanol–water partition coefficient (Wildman–Crippen LogP) is 2.71. The second-order valence-electron chi connectivity index (χ2n) is 6.84. The van der Waals surface area contributed by atoms with Crippen molar-refractivity contribution in [2.24, 2.45) is 0 Å². The molecule has 1 atom stereocenters. The van der Waals surface area contributed by atoms with E-state index in [-0.39, 0.29) is 22.7 Å². The first-order chi connectivity index (χ1) is 15.4. The number of hydrogen-bond donors (Lipinski definition) is 1. The van der Waals surface area contributed by atoms with Crippen molar-refractivity contribution in [3.63, 3.8) is 0 Å². The molecule has 4 amide bonds. The van der Waals surface area contributed by atoms with Crippen LogP contribution in [0.3, 0.4) is 0 Å². The summed E-state index contributed by atoms with van der Waals surface area (Å²) < 4.78 is 0. The quantitative estimate of drug-likeness (QED) is 0.618. The molecule has 4 rings (SSSR count). The van der Waals surface area contributed by atoms with Crippen molar-refractivity contribution in [2.45, 2.75) is 28.8 Å². The number of likely N-dealkylation sites (tertiary alicyclic amines) is 1. The first kappa shape index (κ1) is 21.8. The molecule has 32 heavy (non-hydrogen) atoms. The third-order valence-electron chi connectivity index (χ3n) is 4.76.